The number of rotatable bonds is 3. The summed E-state index contributed by atoms with van der Waals surface area (Å²) < 4.78 is 5.26. The molecule has 3 unspecified atom stereocenters. The summed E-state index contributed by atoms with van der Waals surface area (Å²) in [6.45, 7) is 2.28. The van der Waals surface area contributed by atoms with Crippen LogP contribution in [-0.4, -0.2) is 11.2 Å². The van der Waals surface area contributed by atoms with Crippen molar-refractivity contribution in [3.63, 3.8) is 0 Å². The summed E-state index contributed by atoms with van der Waals surface area (Å²) in [5.41, 5.74) is 0. The van der Waals surface area contributed by atoms with Gasteiger partial charge in [0, 0.05) is 6.42 Å². The number of aliphatic hydroxyl groups is 1. The second-order valence-corrected chi connectivity index (χ2v) is 4.88. The van der Waals surface area contributed by atoms with E-state index in [1.165, 1.54) is 25.7 Å². The topological polar surface area (TPSA) is 33.4 Å². The molecule has 84 valence electrons. The van der Waals surface area contributed by atoms with Gasteiger partial charge in [-0.25, -0.2) is 0 Å². The van der Waals surface area contributed by atoms with Gasteiger partial charge in [0.15, 0.2) is 0 Å². The molecule has 15 heavy (non-hydrogen) atoms. The van der Waals surface area contributed by atoms with Crippen LogP contribution in [0, 0.1) is 11.8 Å². The van der Waals surface area contributed by atoms with Gasteiger partial charge >= 0.3 is 0 Å². The Balaban J connectivity index is 1.87. The molecule has 0 spiro atoms. The molecule has 1 aromatic heterocycles. The van der Waals surface area contributed by atoms with Crippen LogP contribution in [-0.2, 0) is 6.42 Å². The third-order valence-corrected chi connectivity index (χ3v) is 3.51. The molecule has 0 saturated heterocycles. The first-order chi connectivity index (χ1) is 7.25. The largest absolute Gasteiger partial charge is 0.469 e. The lowest BCUT2D eigenvalue weighted by Crippen LogP contribution is -2.27. The first kappa shape index (κ1) is 10.7. The quantitative estimate of drug-likeness (QED) is 0.828. The molecule has 0 bridgehead atoms. The van der Waals surface area contributed by atoms with Gasteiger partial charge in [0.2, 0.25) is 0 Å². The summed E-state index contributed by atoms with van der Waals surface area (Å²) in [7, 11) is 0. The van der Waals surface area contributed by atoms with Crippen LogP contribution in [0.5, 0.6) is 0 Å². The summed E-state index contributed by atoms with van der Waals surface area (Å²) in [5.74, 6) is 2.15. The van der Waals surface area contributed by atoms with Crippen LogP contribution >= 0.6 is 0 Å². The van der Waals surface area contributed by atoms with E-state index in [9.17, 15) is 5.11 Å². The molecular weight excluding hydrogens is 188 g/mol. The van der Waals surface area contributed by atoms with Crippen molar-refractivity contribution in [2.45, 2.75) is 45.1 Å². The van der Waals surface area contributed by atoms with Gasteiger partial charge in [-0.15, -0.1) is 0 Å². The lowest BCUT2D eigenvalue weighted by molar-refractivity contribution is 0.0679. The maximum Gasteiger partial charge on any atom is 0.106 e. The summed E-state index contributed by atoms with van der Waals surface area (Å²) in [5, 5.41) is 10.1. The van der Waals surface area contributed by atoms with Gasteiger partial charge in [0.25, 0.3) is 0 Å². The van der Waals surface area contributed by atoms with E-state index in [1.54, 1.807) is 6.26 Å². The van der Waals surface area contributed by atoms with Crippen LogP contribution in [0.15, 0.2) is 22.8 Å². The van der Waals surface area contributed by atoms with Crippen molar-refractivity contribution >= 4 is 0 Å². The fourth-order valence-corrected chi connectivity index (χ4v) is 2.63. The first-order valence-corrected chi connectivity index (χ1v) is 5.96. The highest BCUT2D eigenvalue weighted by molar-refractivity contribution is 5.00. The normalized spacial score (nSPS) is 28.9. The number of hydrogen-bond donors (Lipinski definition) is 1. The number of aliphatic hydroxyl groups excluding tert-OH is 1. The van der Waals surface area contributed by atoms with Crippen LogP contribution < -0.4 is 0 Å². The molecule has 1 heterocycles. The minimum atomic E-state index is -0.223. The van der Waals surface area contributed by atoms with Crippen molar-refractivity contribution < 1.29 is 9.52 Å². The zero-order chi connectivity index (χ0) is 10.7. The fourth-order valence-electron chi connectivity index (χ4n) is 2.63. The number of furan rings is 1. The molecule has 2 nitrogen and oxygen atoms in total. The van der Waals surface area contributed by atoms with Crippen molar-refractivity contribution in [3.05, 3.63) is 24.2 Å². The molecule has 1 saturated carbocycles. The predicted molar refractivity (Wildman–Crippen MR) is 59.5 cm³/mol. The molecule has 0 aliphatic heterocycles. The Hall–Kier alpha value is -0.760. The van der Waals surface area contributed by atoms with Crippen molar-refractivity contribution in [1.29, 1.82) is 0 Å². The average Bonchev–Trinajstić information content (AvgIpc) is 2.70. The molecule has 1 aliphatic carbocycles. The minimum Gasteiger partial charge on any atom is -0.469 e. The Morgan fingerprint density at radius 1 is 1.53 bits per heavy atom. The Bertz CT molecular complexity index is 279. The Labute approximate surface area is 91.3 Å². The van der Waals surface area contributed by atoms with Gasteiger partial charge in [0.1, 0.15) is 5.76 Å². The Morgan fingerprint density at radius 2 is 2.40 bits per heavy atom. The zero-order valence-electron chi connectivity index (χ0n) is 9.36. The molecule has 2 rings (SSSR count). The summed E-state index contributed by atoms with van der Waals surface area (Å²) in [6, 6.07) is 3.82. The molecular formula is C13H20O2. The van der Waals surface area contributed by atoms with E-state index >= 15 is 0 Å². The lowest BCUT2D eigenvalue weighted by Gasteiger charge is -2.30. The molecule has 1 aliphatic rings. The van der Waals surface area contributed by atoms with E-state index in [4.69, 9.17) is 4.42 Å². The summed E-state index contributed by atoms with van der Waals surface area (Å²) >= 11 is 0. The SMILES string of the molecule is CC1CCCC(C(O)Cc2ccco2)C1. The van der Waals surface area contributed by atoms with Gasteiger partial charge in [-0.2, -0.15) is 0 Å². The van der Waals surface area contributed by atoms with Gasteiger partial charge in [-0.3, -0.25) is 0 Å². The van der Waals surface area contributed by atoms with Crippen molar-refractivity contribution in [2.24, 2.45) is 11.8 Å². The van der Waals surface area contributed by atoms with Crippen LogP contribution in [0.4, 0.5) is 0 Å². The molecule has 1 fully saturated rings. The van der Waals surface area contributed by atoms with Gasteiger partial charge < -0.3 is 9.52 Å². The maximum atomic E-state index is 10.1. The minimum absolute atomic E-state index is 0.223. The van der Waals surface area contributed by atoms with Gasteiger partial charge in [0.05, 0.1) is 12.4 Å². The lowest BCUT2D eigenvalue weighted by atomic mass is 9.79. The second kappa shape index (κ2) is 4.84. The highest BCUT2D eigenvalue weighted by atomic mass is 16.3. The predicted octanol–water partition coefficient (Wildman–Crippen LogP) is 3.01. The van der Waals surface area contributed by atoms with Crippen molar-refractivity contribution in [2.75, 3.05) is 0 Å². The third-order valence-electron chi connectivity index (χ3n) is 3.51. The van der Waals surface area contributed by atoms with E-state index in [-0.39, 0.29) is 6.10 Å². The monoisotopic (exact) mass is 208 g/mol. The summed E-state index contributed by atoms with van der Waals surface area (Å²) in [6.07, 6.45) is 7.05. The van der Waals surface area contributed by atoms with E-state index in [0.717, 1.165) is 11.7 Å². The molecule has 2 heteroatoms. The van der Waals surface area contributed by atoms with Gasteiger partial charge in [-0.05, 0) is 36.8 Å². The standard InChI is InChI=1S/C13H20O2/c1-10-4-2-5-11(8-10)13(14)9-12-6-3-7-15-12/h3,6-7,10-11,13-14H,2,4-5,8-9H2,1H3. The fraction of sp³-hybridized carbons (Fsp3) is 0.692. The average molecular weight is 208 g/mol. The zero-order valence-corrected chi connectivity index (χ0v) is 9.36. The third kappa shape index (κ3) is 2.85. The van der Waals surface area contributed by atoms with Crippen LogP contribution in [0.25, 0.3) is 0 Å². The van der Waals surface area contributed by atoms with Crippen LogP contribution in [0.2, 0.25) is 0 Å². The van der Waals surface area contributed by atoms with E-state index < -0.39 is 0 Å². The van der Waals surface area contributed by atoms with Crippen molar-refractivity contribution in [3.8, 4) is 0 Å². The number of hydrogen-bond acceptors (Lipinski definition) is 2. The van der Waals surface area contributed by atoms with Crippen molar-refractivity contribution in [1.82, 2.24) is 0 Å². The molecule has 3 atom stereocenters. The van der Waals surface area contributed by atoms with E-state index in [0.29, 0.717) is 12.3 Å². The second-order valence-electron chi connectivity index (χ2n) is 4.88. The van der Waals surface area contributed by atoms with E-state index in [2.05, 4.69) is 6.92 Å². The molecule has 1 N–H and O–H groups in total. The smallest absolute Gasteiger partial charge is 0.106 e. The Morgan fingerprint density at radius 3 is 3.07 bits per heavy atom. The molecule has 0 radical (unpaired) electrons. The molecule has 1 aromatic rings. The van der Waals surface area contributed by atoms with Crippen LogP contribution in [0.3, 0.4) is 0 Å². The highest BCUT2D eigenvalue weighted by Gasteiger charge is 2.25. The van der Waals surface area contributed by atoms with Gasteiger partial charge in [-0.1, -0.05) is 19.8 Å². The van der Waals surface area contributed by atoms with E-state index in [1.807, 2.05) is 12.1 Å². The Kier molecular flexibility index (Phi) is 3.47. The summed E-state index contributed by atoms with van der Waals surface area (Å²) in [4.78, 5) is 0. The maximum absolute atomic E-state index is 10.1. The first-order valence-electron chi connectivity index (χ1n) is 5.96. The highest BCUT2D eigenvalue weighted by Crippen LogP contribution is 2.31. The molecule has 0 aromatic carbocycles. The van der Waals surface area contributed by atoms with Crippen LogP contribution in [0.1, 0.15) is 38.4 Å². The molecule has 0 amide bonds.